The molecule has 1 N–H and O–H groups in total. The van der Waals surface area contributed by atoms with Gasteiger partial charge in [-0.3, -0.25) is 0 Å². The van der Waals surface area contributed by atoms with Crippen LogP contribution < -0.4 is 10.1 Å². The Morgan fingerprint density at radius 3 is 2.63 bits per heavy atom. The number of rotatable bonds is 5. The number of nitrogens with zero attached hydrogens (tertiary/aromatic N) is 2. The Hall–Kier alpha value is -2.17. The Bertz CT molecular complexity index is 543. The topological polar surface area (TPSA) is 47.0 Å². The van der Waals surface area contributed by atoms with Crippen molar-refractivity contribution in [2.45, 2.75) is 13.3 Å². The zero-order valence-corrected chi connectivity index (χ0v) is 11.0. The number of halogens is 1. The molecular formula is C14H16FN3O. The Morgan fingerprint density at radius 2 is 2.05 bits per heavy atom. The highest BCUT2D eigenvalue weighted by Crippen LogP contribution is 2.24. The second-order valence-electron chi connectivity index (χ2n) is 4.08. The first-order valence-corrected chi connectivity index (χ1v) is 6.16. The average molecular weight is 261 g/mol. The second kappa shape index (κ2) is 6.13. The summed E-state index contributed by atoms with van der Waals surface area (Å²) in [5.41, 5.74) is 0.914. The number of anilines is 1. The first kappa shape index (κ1) is 13.3. The van der Waals surface area contributed by atoms with E-state index < -0.39 is 0 Å². The molecule has 0 bridgehead atoms. The van der Waals surface area contributed by atoms with Crippen LogP contribution in [0.3, 0.4) is 0 Å². The van der Waals surface area contributed by atoms with E-state index in [4.69, 9.17) is 4.74 Å². The second-order valence-corrected chi connectivity index (χ2v) is 4.08. The van der Waals surface area contributed by atoms with Crippen LogP contribution in [0.25, 0.3) is 11.3 Å². The van der Waals surface area contributed by atoms with Gasteiger partial charge in [0.15, 0.2) is 0 Å². The quantitative estimate of drug-likeness (QED) is 0.898. The lowest BCUT2D eigenvalue weighted by Gasteiger charge is -2.06. The zero-order valence-electron chi connectivity index (χ0n) is 11.0. The molecule has 0 fully saturated rings. The Kier molecular flexibility index (Phi) is 4.28. The maximum atomic E-state index is 13.9. The van der Waals surface area contributed by atoms with E-state index in [0.717, 1.165) is 13.0 Å². The van der Waals surface area contributed by atoms with Crippen molar-refractivity contribution < 1.29 is 9.13 Å². The summed E-state index contributed by atoms with van der Waals surface area (Å²) in [7, 11) is 1.50. The van der Waals surface area contributed by atoms with E-state index >= 15 is 0 Å². The summed E-state index contributed by atoms with van der Waals surface area (Å²) in [6.07, 6.45) is 1.01. The summed E-state index contributed by atoms with van der Waals surface area (Å²) in [4.78, 5) is 0. The molecule has 0 unspecified atom stereocenters. The van der Waals surface area contributed by atoms with Gasteiger partial charge < -0.3 is 10.1 Å². The van der Waals surface area contributed by atoms with E-state index in [0.29, 0.717) is 22.8 Å². The molecule has 1 aromatic heterocycles. The van der Waals surface area contributed by atoms with Gasteiger partial charge >= 0.3 is 0 Å². The molecule has 2 rings (SSSR count). The highest BCUT2D eigenvalue weighted by Gasteiger charge is 2.08. The SMILES string of the molecule is CCCNc1ccc(-c2ccc(OC)cc2F)nn1. The van der Waals surface area contributed by atoms with Gasteiger partial charge in [-0.2, -0.15) is 0 Å². The lowest BCUT2D eigenvalue weighted by molar-refractivity contribution is 0.411. The third-order valence-corrected chi connectivity index (χ3v) is 2.67. The molecule has 0 atom stereocenters. The molecule has 0 amide bonds. The number of ether oxygens (including phenoxy) is 1. The smallest absolute Gasteiger partial charge is 0.148 e. The zero-order chi connectivity index (χ0) is 13.7. The van der Waals surface area contributed by atoms with Crippen molar-refractivity contribution in [2.75, 3.05) is 19.0 Å². The summed E-state index contributed by atoms with van der Waals surface area (Å²) in [6.45, 7) is 2.91. The molecule has 0 aliphatic carbocycles. The summed E-state index contributed by atoms with van der Waals surface area (Å²) >= 11 is 0. The lowest BCUT2D eigenvalue weighted by Crippen LogP contribution is -2.03. The summed E-state index contributed by atoms with van der Waals surface area (Å²) in [5, 5.41) is 11.2. The van der Waals surface area contributed by atoms with Crippen molar-refractivity contribution in [3.63, 3.8) is 0 Å². The normalized spacial score (nSPS) is 10.3. The van der Waals surface area contributed by atoms with Gasteiger partial charge in [-0.15, -0.1) is 10.2 Å². The van der Waals surface area contributed by atoms with Crippen LogP contribution in [-0.4, -0.2) is 23.9 Å². The molecule has 0 aliphatic rings. The first-order valence-electron chi connectivity index (χ1n) is 6.16. The maximum absolute atomic E-state index is 13.9. The molecule has 0 saturated carbocycles. The predicted molar refractivity (Wildman–Crippen MR) is 72.8 cm³/mol. The molecule has 19 heavy (non-hydrogen) atoms. The van der Waals surface area contributed by atoms with Gasteiger partial charge in [0.2, 0.25) is 0 Å². The van der Waals surface area contributed by atoms with Gasteiger partial charge in [0.25, 0.3) is 0 Å². The molecule has 5 heteroatoms. The van der Waals surface area contributed by atoms with Crippen LogP contribution >= 0.6 is 0 Å². The highest BCUT2D eigenvalue weighted by molar-refractivity contribution is 5.61. The van der Waals surface area contributed by atoms with Crippen LogP contribution in [0.15, 0.2) is 30.3 Å². The predicted octanol–water partition coefficient (Wildman–Crippen LogP) is 3.11. The fraction of sp³-hybridized carbons (Fsp3) is 0.286. The van der Waals surface area contributed by atoms with E-state index in [1.54, 1.807) is 24.3 Å². The van der Waals surface area contributed by atoms with E-state index in [2.05, 4.69) is 22.4 Å². The molecule has 2 aromatic rings. The van der Waals surface area contributed by atoms with Crippen molar-refractivity contribution in [3.8, 4) is 17.0 Å². The van der Waals surface area contributed by atoms with Gasteiger partial charge in [0, 0.05) is 18.2 Å². The van der Waals surface area contributed by atoms with Crippen LogP contribution in [0.4, 0.5) is 10.2 Å². The average Bonchev–Trinajstić information content (AvgIpc) is 2.45. The van der Waals surface area contributed by atoms with Crippen molar-refractivity contribution >= 4 is 5.82 Å². The number of hydrogen-bond acceptors (Lipinski definition) is 4. The van der Waals surface area contributed by atoms with Crippen molar-refractivity contribution in [1.29, 1.82) is 0 Å². The molecule has 4 nitrogen and oxygen atoms in total. The highest BCUT2D eigenvalue weighted by atomic mass is 19.1. The first-order chi connectivity index (χ1) is 9.24. The number of hydrogen-bond donors (Lipinski definition) is 1. The Morgan fingerprint density at radius 1 is 1.21 bits per heavy atom. The van der Waals surface area contributed by atoms with Crippen LogP contribution in [0.1, 0.15) is 13.3 Å². The largest absolute Gasteiger partial charge is 0.497 e. The third-order valence-electron chi connectivity index (χ3n) is 2.67. The van der Waals surface area contributed by atoms with Crippen LogP contribution in [0.5, 0.6) is 5.75 Å². The summed E-state index contributed by atoms with van der Waals surface area (Å²) in [6, 6.07) is 8.21. The van der Waals surface area contributed by atoms with Gasteiger partial charge in [0.05, 0.1) is 12.8 Å². The molecule has 0 radical (unpaired) electrons. The molecule has 0 spiro atoms. The molecule has 100 valence electrons. The van der Waals surface area contributed by atoms with Gasteiger partial charge in [-0.25, -0.2) is 4.39 Å². The van der Waals surface area contributed by atoms with Gasteiger partial charge in [-0.1, -0.05) is 6.92 Å². The number of nitrogens with one attached hydrogen (secondary N) is 1. The van der Waals surface area contributed by atoms with Crippen LogP contribution in [0.2, 0.25) is 0 Å². The fourth-order valence-electron chi connectivity index (χ4n) is 1.65. The van der Waals surface area contributed by atoms with E-state index in [9.17, 15) is 4.39 Å². The Labute approximate surface area is 111 Å². The van der Waals surface area contributed by atoms with E-state index in [1.807, 2.05) is 0 Å². The van der Waals surface area contributed by atoms with Crippen molar-refractivity contribution in [1.82, 2.24) is 10.2 Å². The number of benzene rings is 1. The minimum atomic E-state index is -0.372. The van der Waals surface area contributed by atoms with E-state index in [1.165, 1.54) is 13.2 Å². The molecule has 0 saturated heterocycles. The third kappa shape index (κ3) is 3.19. The lowest BCUT2D eigenvalue weighted by atomic mass is 10.1. The monoisotopic (exact) mass is 261 g/mol. The minimum Gasteiger partial charge on any atom is -0.497 e. The summed E-state index contributed by atoms with van der Waals surface area (Å²) in [5.74, 6) is 0.804. The van der Waals surface area contributed by atoms with Crippen LogP contribution in [-0.2, 0) is 0 Å². The van der Waals surface area contributed by atoms with E-state index in [-0.39, 0.29) is 5.82 Å². The standard InChI is InChI=1S/C14H16FN3O/c1-3-8-16-14-7-6-13(17-18-14)11-5-4-10(19-2)9-12(11)15/h4-7,9H,3,8H2,1-2H3,(H,16,18). The molecule has 1 heterocycles. The summed E-state index contributed by atoms with van der Waals surface area (Å²) < 4.78 is 18.8. The number of methoxy groups -OCH3 is 1. The molecule has 1 aromatic carbocycles. The Balaban J connectivity index is 2.22. The fourth-order valence-corrected chi connectivity index (χ4v) is 1.65. The number of aromatic nitrogens is 2. The molecular weight excluding hydrogens is 245 g/mol. The maximum Gasteiger partial charge on any atom is 0.148 e. The van der Waals surface area contributed by atoms with Gasteiger partial charge in [0.1, 0.15) is 17.4 Å². The van der Waals surface area contributed by atoms with Crippen molar-refractivity contribution in [2.24, 2.45) is 0 Å². The van der Waals surface area contributed by atoms with Gasteiger partial charge in [-0.05, 0) is 30.7 Å². The van der Waals surface area contributed by atoms with Crippen molar-refractivity contribution in [3.05, 3.63) is 36.1 Å². The molecule has 0 aliphatic heterocycles. The van der Waals surface area contributed by atoms with Crippen LogP contribution in [0, 0.1) is 5.82 Å². The minimum absolute atomic E-state index is 0.372.